The molecule has 0 aromatic heterocycles. The van der Waals surface area contributed by atoms with E-state index in [9.17, 15) is 9.59 Å². The van der Waals surface area contributed by atoms with Gasteiger partial charge in [0.05, 0.1) is 19.1 Å². The van der Waals surface area contributed by atoms with Gasteiger partial charge in [-0.05, 0) is 24.3 Å². The molecule has 1 aromatic rings. The summed E-state index contributed by atoms with van der Waals surface area (Å²) >= 11 is 0. The van der Waals surface area contributed by atoms with Crippen LogP contribution in [0.4, 0.5) is 5.69 Å². The molecule has 5 heteroatoms. The van der Waals surface area contributed by atoms with Crippen LogP contribution in [0.25, 0.3) is 0 Å². The normalized spacial score (nSPS) is 12.7. The molecule has 20 heavy (non-hydrogen) atoms. The monoisotopic (exact) mass is 275 g/mol. The number of benzene rings is 1. The molecule has 1 aromatic carbocycles. The highest BCUT2D eigenvalue weighted by atomic mass is 16.4. The Balaban J connectivity index is 2.71. The lowest BCUT2D eigenvalue weighted by molar-refractivity contribution is -0.137. The van der Waals surface area contributed by atoms with Crippen LogP contribution in [0.5, 0.6) is 0 Å². The number of carboxylic acid groups (broad SMARTS) is 1. The Hall–Kier alpha value is -2.40. The number of aliphatic carboxylic acids is 1. The maximum Gasteiger partial charge on any atom is 0.305 e. The van der Waals surface area contributed by atoms with Crippen LogP contribution in [0.1, 0.15) is 16.8 Å². The molecule has 0 heterocycles. The number of aldehydes is 1. The number of aliphatic hydroxyl groups is 1. The fourth-order valence-corrected chi connectivity index (χ4v) is 1.56. The summed E-state index contributed by atoms with van der Waals surface area (Å²) in [4.78, 5) is 21.4. The Labute approximate surface area is 117 Å². The third-order valence-corrected chi connectivity index (χ3v) is 2.49. The summed E-state index contributed by atoms with van der Waals surface area (Å²) in [5.41, 5.74) is 1.30. The van der Waals surface area contributed by atoms with Crippen LogP contribution in [0.3, 0.4) is 0 Å². The van der Waals surface area contributed by atoms with Gasteiger partial charge in [0.15, 0.2) is 0 Å². The third-order valence-electron chi connectivity index (χ3n) is 2.49. The number of aliphatic hydroxyl groups excluding tert-OH is 1. The largest absolute Gasteiger partial charge is 0.481 e. The van der Waals surface area contributed by atoms with Gasteiger partial charge in [-0.3, -0.25) is 9.59 Å². The van der Waals surface area contributed by atoms with Crippen LogP contribution >= 0.6 is 0 Å². The van der Waals surface area contributed by atoms with E-state index in [-0.39, 0.29) is 19.1 Å². The highest BCUT2D eigenvalue weighted by Gasteiger charge is 2.09. The molecule has 0 aliphatic rings. The van der Waals surface area contributed by atoms with E-state index in [2.05, 4.69) is 5.32 Å². The molecular formula is C15H17NO4. The predicted molar refractivity (Wildman–Crippen MR) is 76.9 cm³/mol. The number of carboxylic acids is 1. The van der Waals surface area contributed by atoms with Crippen LogP contribution in [0.15, 0.2) is 48.6 Å². The fraction of sp³-hybridized carbons (Fsp3) is 0.200. The van der Waals surface area contributed by atoms with Gasteiger partial charge < -0.3 is 15.5 Å². The zero-order valence-electron chi connectivity index (χ0n) is 10.9. The molecule has 0 saturated heterocycles. The van der Waals surface area contributed by atoms with Gasteiger partial charge >= 0.3 is 5.97 Å². The van der Waals surface area contributed by atoms with Crippen LogP contribution in [0, 0.1) is 0 Å². The van der Waals surface area contributed by atoms with Gasteiger partial charge in [0.1, 0.15) is 6.29 Å². The van der Waals surface area contributed by atoms with E-state index in [4.69, 9.17) is 10.2 Å². The Morgan fingerprint density at radius 2 is 1.95 bits per heavy atom. The molecule has 0 saturated carbocycles. The van der Waals surface area contributed by atoms with Gasteiger partial charge in [-0.2, -0.15) is 0 Å². The molecule has 3 N–H and O–H groups in total. The highest BCUT2D eigenvalue weighted by Crippen LogP contribution is 2.12. The molecule has 0 fully saturated rings. The minimum Gasteiger partial charge on any atom is -0.481 e. The van der Waals surface area contributed by atoms with Crippen LogP contribution in [-0.4, -0.2) is 35.1 Å². The number of carbonyl (C=O) groups excluding carboxylic acids is 1. The second-order valence-corrected chi connectivity index (χ2v) is 4.08. The smallest absolute Gasteiger partial charge is 0.305 e. The van der Waals surface area contributed by atoms with Crippen molar-refractivity contribution in [3.8, 4) is 0 Å². The lowest BCUT2D eigenvalue weighted by Crippen LogP contribution is -2.20. The van der Waals surface area contributed by atoms with Crippen molar-refractivity contribution in [1.82, 2.24) is 0 Å². The summed E-state index contributed by atoms with van der Waals surface area (Å²) in [6, 6.07) is 6.37. The van der Waals surface area contributed by atoms with Crippen molar-refractivity contribution >= 4 is 17.9 Å². The first kappa shape index (κ1) is 15.7. The lowest BCUT2D eigenvalue weighted by atomic mass is 10.1. The first-order chi connectivity index (χ1) is 9.65. The number of anilines is 1. The maximum absolute atomic E-state index is 10.8. The Morgan fingerprint density at radius 3 is 2.50 bits per heavy atom. The Bertz CT molecular complexity index is 491. The highest BCUT2D eigenvalue weighted by molar-refractivity contribution is 5.75. The summed E-state index contributed by atoms with van der Waals surface area (Å²) in [5, 5.41) is 20.5. The summed E-state index contributed by atoms with van der Waals surface area (Å²) in [6.07, 6.45) is 7.25. The Morgan fingerprint density at radius 1 is 1.25 bits per heavy atom. The van der Waals surface area contributed by atoms with Crippen molar-refractivity contribution in [1.29, 1.82) is 0 Å². The summed E-state index contributed by atoms with van der Waals surface area (Å²) < 4.78 is 0. The van der Waals surface area contributed by atoms with Crippen molar-refractivity contribution in [2.45, 2.75) is 12.5 Å². The second-order valence-electron chi connectivity index (χ2n) is 4.08. The van der Waals surface area contributed by atoms with Crippen molar-refractivity contribution in [2.24, 2.45) is 0 Å². The molecule has 0 amide bonds. The van der Waals surface area contributed by atoms with Crippen molar-refractivity contribution in [3.63, 3.8) is 0 Å². The van der Waals surface area contributed by atoms with Crippen molar-refractivity contribution in [2.75, 3.05) is 11.9 Å². The molecule has 0 unspecified atom stereocenters. The molecule has 0 bridgehead atoms. The van der Waals surface area contributed by atoms with E-state index in [1.54, 1.807) is 48.6 Å². The minimum atomic E-state index is -0.914. The topological polar surface area (TPSA) is 86.6 Å². The first-order valence-electron chi connectivity index (χ1n) is 6.13. The van der Waals surface area contributed by atoms with Crippen LogP contribution in [0.2, 0.25) is 0 Å². The van der Waals surface area contributed by atoms with Crippen molar-refractivity contribution < 1.29 is 19.8 Å². The number of nitrogens with one attached hydrogen (secondary N) is 1. The van der Waals surface area contributed by atoms with E-state index in [0.29, 0.717) is 5.56 Å². The molecule has 1 rings (SSSR count). The predicted octanol–water partition coefficient (Wildman–Crippen LogP) is 1.86. The van der Waals surface area contributed by atoms with Gasteiger partial charge in [0.25, 0.3) is 0 Å². The lowest BCUT2D eigenvalue weighted by Gasteiger charge is -2.14. The average Bonchev–Trinajstić information content (AvgIpc) is 2.43. The number of carbonyl (C=O) groups is 2. The number of hydrogen-bond acceptors (Lipinski definition) is 4. The molecule has 1 atom stereocenters. The third kappa shape index (κ3) is 5.97. The summed E-state index contributed by atoms with van der Waals surface area (Å²) in [6.45, 7) is -0.0610. The number of allylic oxidation sites excluding steroid dienone is 2. The van der Waals surface area contributed by atoms with E-state index in [0.717, 1.165) is 12.0 Å². The molecule has 5 nitrogen and oxygen atoms in total. The zero-order chi connectivity index (χ0) is 14.8. The molecule has 106 valence electrons. The van der Waals surface area contributed by atoms with E-state index >= 15 is 0 Å². The SMILES string of the molecule is O=Cc1ccc(N[C@@H](C=CC=CCO)CC(=O)O)cc1. The van der Waals surface area contributed by atoms with Gasteiger partial charge in [0.2, 0.25) is 0 Å². The zero-order valence-corrected chi connectivity index (χ0v) is 10.9. The van der Waals surface area contributed by atoms with Crippen LogP contribution < -0.4 is 5.32 Å². The first-order valence-corrected chi connectivity index (χ1v) is 6.13. The van der Waals surface area contributed by atoms with Gasteiger partial charge in [-0.15, -0.1) is 0 Å². The maximum atomic E-state index is 10.8. The molecule has 0 spiro atoms. The van der Waals surface area contributed by atoms with Gasteiger partial charge in [0, 0.05) is 11.3 Å². The summed E-state index contributed by atoms with van der Waals surface area (Å²) in [7, 11) is 0. The molecule has 0 aliphatic carbocycles. The van der Waals surface area contributed by atoms with Gasteiger partial charge in [-0.25, -0.2) is 0 Å². The van der Waals surface area contributed by atoms with Crippen LogP contribution in [-0.2, 0) is 4.79 Å². The summed E-state index contributed by atoms with van der Waals surface area (Å²) in [5.74, 6) is -0.914. The molecule has 0 aliphatic heterocycles. The molecular weight excluding hydrogens is 258 g/mol. The average molecular weight is 275 g/mol. The quantitative estimate of drug-likeness (QED) is 0.498. The Kier molecular flexibility index (Phi) is 6.78. The van der Waals surface area contributed by atoms with E-state index in [1.165, 1.54) is 0 Å². The second kappa shape index (κ2) is 8.66. The standard InChI is InChI=1S/C15H17NO4/c17-9-3-1-2-4-14(10-15(19)20)16-13-7-5-12(11-18)6-8-13/h1-8,11,14,16-17H,9-10H2,(H,19,20)/t14-/m0/s1. The molecule has 0 radical (unpaired) electrons. The van der Waals surface area contributed by atoms with E-state index < -0.39 is 5.97 Å². The fourth-order valence-electron chi connectivity index (χ4n) is 1.56. The number of rotatable bonds is 8. The minimum absolute atomic E-state index is 0.0610. The number of hydrogen-bond donors (Lipinski definition) is 3. The van der Waals surface area contributed by atoms with Crippen molar-refractivity contribution in [3.05, 3.63) is 54.1 Å². The van der Waals surface area contributed by atoms with Gasteiger partial charge in [-0.1, -0.05) is 24.3 Å². The van der Waals surface area contributed by atoms with E-state index in [1.807, 2.05) is 0 Å².